The van der Waals surface area contributed by atoms with E-state index in [9.17, 15) is 4.79 Å². The molecule has 1 aromatic rings. The quantitative estimate of drug-likeness (QED) is 0.349. The van der Waals surface area contributed by atoms with Gasteiger partial charge in [-0.25, -0.2) is 9.55 Å². The Bertz CT molecular complexity index is 423. The van der Waals surface area contributed by atoms with Crippen molar-refractivity contribution in [2.45, 2.75) is 70.6 Å². The van der Waals surface area contributed by atoms with Gasteiger partial charge in [-0.3, -0.25) is 4.79 Å². The number of hydrogen-bond acceptors (Lipinski definition) is 1. The highest BCUT2D eigenvalue weighted by Crippen LogP contribution is 2.21. The number of rotatable bonds is 12. The summed E-state index contributed by atoms with van der Waals surface area (Å²) in [5, 5.41) is 0. The summed E-state index contributed by atoms with van der Waals surface area (Å²) < 4.78 is 2.00. The van der Waals surface area contributed by atoms with Crippen LogP contribution < -0.4 is 4.57 Å². The lowest BCUT2D eigenvalue weighted by molar-refractivity contribution is -0.678. The van der Waals surface area contributed by atoms with Gasteiger partial charge in [0.1, 0.15) is 18.3 Å². The van der Waals surface area contributed by atoms with Crippen molar-refractivity contribution in [3.8, 4) is 0 Å². The largest absolute Gasteiger partial charge is 0.294 e. The lowest BCUT2D eigenvalue weighted by Gasteiger charge is -2.09. The van der Waals surface area contributed by atoms with E-state index in [1.54, 1.807) is 0 Å². The fourth-order valence-electron chi connectivity index (χ4n) is 2.80. The molecule has 1 N–H and O–H groups in total. The number of ketones is 1. The molecule has 1 atom stereocenters. The Morgan fingerprint density at radius 1 is 1.24 bits per heavy atom. The average molecular weight is 291 g/mol. The number of allylic oxidation sites excluding steroid dienone is 1. The fourth-order valence-corrected chi connectivity index (χ4v) is 2.80. The molecule has 0 aromatic carbocycles. The fraction of sp³-hybridized carbons (Fsp3) is 0.667. The third-order valence-corrected chi connectivity index (χ3v) is 4.13. The molecule has 3 heteroatoms. The summed E-state index contributed by atoms with van der Waals surface area (Å²) in [6.45, 7) is 5.88. The number of carbonyl (C=O) groups is 1. The van der Waals surface area contributed by atoms with Crippen molar-refractivity contribution in [3.63, 3.8) is 0 Å². The van der Waals surface area contributed by atoms with E-state index in [0.717, 1.165) is 18.7 Å². The molecule has 1 unspecified atom stereocenters. The lowest BCUT2D eigenvalue weighted by Crippen LogP contribution is -2.34. The molecule has 1 heterocycles. The van der Waals surface area contributed by atoms with Crippen molar-refractivity contribution >= 4 is 5.78 Å². The number of nitrogens with one attached hydrogen (secondary N) is 1. The molecule has 21 heavy (non-hydrogen) atoms. The van der Waals surface area contributed by atoms with Gasteiger partial charge in [-0.15, -0.1) is 0 Å². The third kappa shape index (κ3) is 6.28. The Kier molecular flexibility index (Phi) is 8.72. The molecule has 1 aromatic heterocycles. The molecular weight excluding hydrogens is 260 g/mol. The molecule has 0 radical (unpaired) electrons. The zero-order valence-corrected chi connectivity index (χ0v) is 13.7. The first kappa shape index (κ1) is 17.7. The van der Waals surface area contributed by atoms with Crippen LogP contribution in [-0.2, 0) is 11.8 Å². The van der Waals surface area contributed by atoms with E-state index in [1.165, 1.54) is 51.0 Å². The zero-order valence-electron chi connectivity index (χ0n) is 13.7. The topological polar surface area (TPSA) is 36.7 Å². The van der Waals surface area contributed by atoms with Crippen LogP contribution in [0.15, 0.2) is 25.0 Å². The molecule has 0 saturated heterocycles. The van der Waals surface area contributed by atoms with E-state index in [0.29, 0.717) is 0 Å². The standard InChI is InChI=1S/C18H30N2O/c1-4-6-7-8-9-10-11-12-13-16(17(21)5-2)18-19-14-15-20(18)3/h5,14-16H,2,4,6-13H2,1,3H3/p+1. The maximum Gasteiger partial charge on any atom is 0.265 e. The van der Waals surface area contributed by atoms with Gasteiger partial charge in [0.2, 0.25) is 0 Å². The second kappa shape index (κ2) is 10.4. The van der Waals surface area contributed by atoms with Gasteiger partial charge in [0.15, 0.2) is 5.78 Å². The highest BCUT2D eigenvalue weighted by atomic mass is 16.1. The number of H-pyrrole nitrogens is 1. The normalized spacial score (nSPS) is 12.3. The predicted molar refractivity (Wildman–Crippen MR) is 87.1 cm³/mol. The molecule has 3 nitrogen and oxygen atoms in total. The monoisotopic (exact) mass is 291 g/mol. The minimum absolute atomic E-state index is 0.0670. The first-order valence-electron chi connectivity index (χ1n) is 8.39. The summed E-state index contributed by atoms with van der Waals surface area (Å²) in [6.07, 6.45) is 16.5. The Morgan fingerprint density at radius 3 is 2.38 bits per heavy atom. The number of nitrogens with zero attached hydrogens (tertiary/aromatic N) is 1. The van der Waals surface area contributed by atoms with Crippen LogP contribution in [0.3, 0.4) is 0 Å². The summed E-state index contributed by atoms with van der Waals surface area (Å²) >= 11 is 0. The smallest absolute Gasteiger partial charge is 0.265 e. The third-order valence-electron chi connectivity index (χ3n) is 4.13. The van der Waals surface area contributed by atoms with Crippen LogP contribution in [0.2, 0.25) is 0 Å². The van der Waals surface area contributed by atoms with E-state index >= 15 is 0 Å². The second-order valence-corrected chi connectivity index (χ2v) is 5.88. The summed E-state index contributed by atoms with van der Waals surface area (Å²) in [5.41, 5.74) is 0. The molecule has 118 valence electrons. The van der Waals surface area contributed by atoms with E-state index in [4.69, 9.17) is 0 Å². The molecule has 0 amide bonds. The van der Waals surface area contributed by atoms with E-state index < -0.39 is 0 Å². The highest BCUT2D eigenvalue weighted by molar-refractivity contribution is 5.94. The zero-order chi connectivity index (χ0) is 15.5. The van der Waals surface area contributed by atoms with Crippen molar-refractivity contribution in [1.82, 2.24) is 4.98 Å². The number of unbranched alkanes of at least 4 members (excludes halogenated alkanes) is 7. The van der Waals surface area contributed by atoms with Gasteiger partial charge in [-0.1, -0.05) is 64.9 Å². The first-order valence-corrected chi connectivity index (χ1v) is 8.39. The van der Waals surface area contributed by atoms with E-state index in [-0.39, 0.29) is 11.7 Å². The van der Waals surface area contributed by atoms with Gasteiger partial charge >= 0.3 is 0 Å². The Morgan fingerprint density at radius 2 is 1.86 bits per heavy atom. The summed E-state index contributed by atoms with van der Waals surface area (Å²) in [6, 6.07) is 0. The Hall–Kier alpha value is -1.38. The van der Waals surface area contributed by atoms with Crippen molar-refractivity contribution < 1.29 is 9.36 Å². The highest BCUT2D eigenvalue weighted by Gasteiger charge is 2.26. The average Bonchev–Trinajstić information content (AvgIpc) is 2.91. The van der Waals surface area contributed by atoms with Gasteiger partial charge < -0.3 is 0 Å². The van der Waals surface area contributed by atoms with Crippen LogP contribution >= 0.6 is 0 Å². The van der Waals surface area contributed by atoms with Crippen LogP contribution in [-0.4, -0.2) is 10.8 Å². The predicted octanol–water partition coefficient (Wildman–Crippen LogP) is 4.21. The minimum Gasteiger partial charge on any atom is -0.294 e. The number of imidazole rings is 1. The SMILES string of the molecule is C=CC(=O)C(CCCCCCCCCC)c1[nH]cc[n+]1C. The van der Waals surface area contributed by atoms with Gasteiger partial charge in [-0.05, 0) is 12.5 Å². The molecule has 0 spiro atoms. The van der Waals surface area contributed by atoms with E-state index in [1.807, 2.05) is 24.0 Å². The van der Waals surface area contributed by atoms with Gasteiger partial charge in [-0.2, -0.15) is 0 Å². The maximum absolute atomic E-state index is 12.0. The Labute approximate surface area is 129 Å². The summed E-state index contributed by atoms with van der Waals surface area (Å²) in [7, 11) is 1.98. The molecule has 0 aliphatic rings. The second-order valence-electron chi connectivity index (χ2n) is 5.88. The van der Waals surface area contributed by atoms with Gasteiger partial charge in [0.25, 0.3) is 5.82 Å². The van der Waals surface area contributed by atoms with E-state index in [2.05, 4.69) is 18.5 Å². The molecule has 0 saturated carbocycles. The van der Waals surface area contributed by atoms with Crippen LogP contribution in [0.1, 0.15) is 76.5 Å². The number of carbonyl (C=O) groups excluding carboxylic acids is 1. The molecule has 0 aliphatic carbocycles. The van der Waals surface area contributed by atoms with Gasteiger partial charge in [0.05, 0.1) is 7.05 Å². The summed E-state index contributed by atoms with van der Waals surface area (Å²) in [5.74, 6) is 1.04. The number of hydrogen-bond donors (Lipinski definition) is 1. The minimum atomic E-state index is -0.0670. The molecule has 1 rings (SSSR count). The Balaban J connectivity index is 2.30. The van der Waals surface area contributed by atoms with Crippen molar-refractivity contribution in [1.29, 1.82) is 0 Å². The van der Waals surface area contributed by atoms with Crippen molar-refractivity contribution in [2.24, 2.45) is 7.05 Å². The molecule has 0 fully saturated rings. The van der Waals surface area contributed by atoms with Crippen LogP contribution in [0.25, 0.3) is 0 Å². The van der Waals surface area contributed by atoms with Gasteiger partial charge in [0, 0.05) is 0 Å². The van der Waals surface area contributed by atoms with Crippen molar-refractivity contribution in [2.75, 3.05) is 0 Å². The van der Waals surface area contributed by atoms with Crippen LogP contribution in [0.4, 0.5) is 0 Å². The van der Waals surface area contributed by atoms with Crippen LogP contribution in [0, 0.1) is 0 Å². The van der Waals surface area contributed by atoms with Crippen molar-refractivity contribution in [3.05, 3.63) is 30.9 Å². The molecule has 0 aliphatic heterocycles. The maximum atomic E-state index is 12.0. The lowest BCUT2D eigenvalue weighted by atomic mass is 9.95. The van der Waals surface area contributed by atoms with Crippen LogP contribution in [0.5, 0.6) is 0 Å². The molecular formula is C18H31N2O+. The number of aryl methyl sites for hydroxylation is 1. The number of aromatic nitrogens is 2. The summed E-state index contributed by atoms with van der Waals surface area (Å²) in [4.78, 5) is 15.2. The molecule has 0 bridgehead atoms. The first-order chi connectivity index (χ1) is 10.2. The number of aromatic amines is 1.